The number of hydrogen-bond donors (Lipinski definition) is 1. The molecule has 4 nitrogen and oxygen atoms in total. The number of aryl methyl sites for hydroxylation is 2. The molecule has 0 saturated heterocycles. The molecule has 0 radical (unpaired) electrons. The number of nitrogens with zero attached hydrogens (tertiary/aromatic N) is 2. The Labute approximate surface area is 123 Å². The Morgan fingerprint density at radius 2 is 1.60 bits per heavy atom. The van der Waals surface area contributed by atoms with Crippen LogP contribution in [-0.2, 0) is 4.79 Å². The van der Waals surface area contributed by atoms with Crippen LogP contribution in [0.1, 0.15) is 50.9 Å². The molecule has 20 heavy (non-hydrogen) atoms. The molecule has 1 N–H and O–H groups in total. The molecular weight excluding hydrogens is 250 g/mol. The summed E-state index contributed by atoms with van der Waals surface area (Å²) >= 11 is 0. The molecule has 0 aliphatic rings. The minimum Gasteiger partial charge on any atom is -0.294 e. The third-order valence-electron chi connectivity index (χ3n) is 3.53. The molecule has 4 heteroatoms. The first-order chi connectivity index (χ1) is 9.58. The SMILES string of the molecule is CCCCN(CCCC)CC(=O)Nn1c(C)ccc1C. The van der Waals surface area contributed by atoms with Crippen LogP contribution >= 0.6 is 0 Å². The zero-order valence-corrected chi connectivity index (χ0v) is 13.4. The minimum atomic E-state index is 0.0691. The van der Waals surface area contributed by atoms with E-state index in [-0.39, 0.29) is 5.91 Å². The third kappa shape index (κ3) is 5.37. The number of carbonyl (C=O) groups is 1. The first-order valence-electron chi connectivity index (χ1n) is 7.75. The van der Waals surface area contributed by atoms with Crippen LogP contribution in [0.2, 0.25) is 0 Å². The van der Waals surface area contributed by atoms with Gasteiger partial charge in [0.2, 0.25) is 0 Å². The average molecular weight is 279 g/mol. The van der Waals surface area contributed by atoms with E-state index in [0.29, 0.717) is 6.54 Å². The fourth-order valence-electron chi connectivity index (χ4n) is 2.24. The molecule has 0 aliphatic carbocycles. The summed E-state index contributed by atoms with van der Waals surface area (Å²) in [6.45, 7) is 10.9. The van der Waals surface area contributed by atoms with Gasteiger partial charge in [0.1, 0.15) is 0 Å². The number of hydrogen-bond acceptors (Lipinski definition) is 2. The number of amides is 1. The lowest BCUT2D eigenvalue weighted by atomic mass is 10.2. The zero-order chi connectivity index (χ0) is 15.0. The van der Waals surface area contributed by atoms with E-state index in [9.17, 15) is 4.79 Å². The highest BCUT2D eigenvalue weighted by Crippen LogP contribution is 2.04. The maximum Gasteiger partial charge on any atom is 0.252 e. The Morgan fingerprint density at radius 1 is 1.10 bits per heavy atom. The molecular formula is C16H29N3O. The van der Waals surface area contributed by atoms with Gasteiger partial charge in [-0.15, -0.1) is 0 Å². The van der Waals surface area contributed by atoms with Gasteiger partial charge in [0.15, 0.2) is 0 Å². The van der Waals surface area contributed by atoms with Gasteiger partial charge >= 0.3 is 0 Å². The van der Waals surface area contributed by atoms with E-state index in [1.54, 1.807) is 0 Å². The fraction of sp³-hybridized carbons (Fsp3) is 0.688. The van der Waals surface area contributed by atoms with Gasteiger partial charge in [0, 0.05) is 11.4 Å². The Bertz CT molecular complexity index is 384. The summed E-state index contributed by atoms with van der Waals surface area (Å²) in [4.78, 5) is 14.4. The minimum absolute atomic E-state index is 0.0691. The second-order valence-electron chi connectivity index (χ2n) is 5.47. The largest absolute Gasteiger partial charge is 0.294 e. The number of rotatable bonds is 9. The topological polar surface area (TPSA) is 37.3 Å². The van der Waals surface area contributed by atoms with Crippen LogP contribution in [-0.4, -0.2) is 35.1 Å². The fourth-order valence-corrected chi connectivity index (χ4v) is 2.24. The molecule has 0 atom stereocenters. The molecule has 1 rings (SSSR count). The number of carbonyl (C=O) groups excluding carboxylic acids is 1. The van der Waals surface area contributed by atoms with Gasteiger partial charge in [-0.25, -0.2) is 0 Å². The summed E-state index contributed by atoms with van der Waals surface area (Å²) in [5.74, 6) is 0.0691. The summed E-state index contributed by atoms with van der Waals surface area (Å²) in [5, 5.41) is 0. The van der Waals surface area contributed by atoms with Gasteiger partial charge in [0.05, 0.1) is 6.54 Å². The summed E-state index contributed by atoms with van der Waals surface area (Å²) in [5.41, 5.74) is 5.10. The molecule has 0 aliphatic heterocycles. The predicted octanol–water partition coefficient (Wildman–Crippen LogP) is 3.08. The summed E-state index contributed by atoms with van der Waals surface area (Å²) < 4.78 is 1.86. The van der Waals surface area contributed by atoms with Gasteiger partial charge in [-0.1, -0.05) is 26.7 Å². The van der Waals surface area contributed by atoms with Crippen LogP contribution in [0.4, 0.5) is 0 Å². The smallest absolute Gasteiger partial charge is 0.252 e. The normalized spacial score (nSPS) is 11.1. The Hall–Kier alpha value is -1.29. The molecule has 0 bridgehead atoms. The summed E-state index contributed by atoms with van der Waals surface area (Å²) in [6.07, 6.45) is 4.64. The van der Waals surface area contributed by atoms with Crippen LogP contribution in [0.3, 0.4) is 0 Å². The first-order valence-corrected chi connectivity index (χ1v) is 7.75. The lowest BCUT2D eigenvalue weighted by Gasteiger charge is -2.22. The Morgan fingerprint density at radius 3 is 2.05 bits per heavy atom. The third-order valence-corrected chi connectivity index (χ3v) is 3.53. The van der Waals surface area contributed by atoms with Crippen molar-refractivity contribution in [3.8, 4) is 0 Å². The molecule has 114 valence electrons. The molecule has 1 amide bonds. The van der Waals surface area contributed by atoms with Gasteiger partial charge in [-0.2, -0.15) is 0 Å². The molecule has 0 saturated carbocycles. The Kier molecular flexibility index (Phi) is 7.37. The average Bonchev–Trinajstić information content (AvgIpc) is 2.73. The lowest BCUT2D eigenvalue weighted by Crippen LogP contribution is -2.37. The second kappa shape index (κ2) is 8.80. The van der Waals surface area contributed by atoms with Gasteiger partial charge < -0.3 is 0 Å². The maximum absolute atomic E-state index is 12.2. The standard InChI is InChI=1S/C16H29N3O/c1-5-7-11-18(12-8-6-2)13-16(20)17-19-14(3)9-10-15(19)4/h9-10H,5-8,11-13H2,1-4H3,(H,17,20). The van der Waals surface area contributed by atoms with Gasteiger partial charge in [-0.3, -0.25) is 19.8 Å². The van der Waals surface area contributed by atoms with Crippen molar-refractivity contribution >= 4 is 5.91 Å². The zero-order valence-electron chi connectivity index (χ0n) is 13.4. The van der Waals surface area contributed by atoms with E-state index in [2.05, 4.69) is 24.2 Å². The molecule has 0 spiro atoms. The first kappa shape index (κ1) is 16.8. The molecule has 1 aromatic heterocycles. The van der Waals surface area contributed by atoms with Crippen LogP contribution in [0.5, 0.6) is 0 Å². The van der Waals surface area contributed by atoms with Crippen molar-refractivity contribution in [3.63, 3.8) is 0 Å². The monoisotopic (exact) mass is 279 g/mol. The van der Waals surface area contributed by atoms with Gasteiger partial charge in [-0.05, 0) is 51.9 Å². The van der Waals surface area contributed by atoms with Crippen molar-refractivity contribution in [3.05, 3.63) is 23.5 Å². The number of aromatic nitrogens is 1. The van der Waals surface area contributed by atoms with Crippen LogP contribution < -0.4 is 5.43 Å². The lowest BCUT2D eigenvalue weighted by molar-refractivity contribution is -0.118. The van der Waals surface area contributed by atoms with E-state index in [4.69, 9.17) is 0 Å². The number of nitrogens with one attached hydrogen (secondary N) is 1. The van der Waals surface area contributed by atoms with Gasteiger partial charge in [0.25, 0.3) is 5.91 Å². The van der Waals surface area contributed by atoms with Crippen LogP contribution in [0, 0.1) is 13.8 Å². The maximum atomic E-state index is 12.2. The van der Waals surface area contributed by atoms with Crippen molar-refractivity contribution in [2.75, 3.05) is 25.1 Å². The quantitative estimate of drug-likeness (QED) is 0.754. The van der Waals surface area contributed by atoms with Crippen molar-refractivity contribution in [2.45, 2.75) is 53.4 Å². The van der Waals surface area contributed by atoms with E-state index >= 15 is 0 Å². The van der Waals surface area contributed by atoms with Crippen LogP contribution in [0.25, 0.3) is 0 Å². The molecule has 1 aromatic rings. The highest BCUT2D eigenvalue weighted by molar-refractivity contribution is 5.85. The van der Waals surface area contributed by atoms with E-state index < -0.39 is 0 Å². The predicted molar refractivity (Wildman–Crippen MR) is 84.5 cm³/mol. The molecule has 0 fully saturated rings. The van der Waals surface area contributed by atoms with Crippen LogP contribution in [0.15, 0.2) is 12.1 Å². The number of unbranched alkanes of at least 4 members (excludes halogenated alkanes) is 2. The highest BCUT2D eigenvalue weighted by atomic mass is 16.2. The van der Waals surface area contributed by atoms with E-state index in [1.165, 1.54) is 12.8 Å². The highest BCUT2D eigenvalue weighted by Gasteiger charge is 2.11. The van der Waals surface area contributed by atoms with E-state index in [0.717, 1.165) is 37.3 Å². The van der Waals surface area contributed by atoms with Crippen molar-refractivity contribution in [1.29, 1.82) is 0 Å². The molecule has 1 heterocycles. The molecule has 0 unspecified atom stereocenters. The van der Waals surface area contributed by atoms with E-state index in [1.807, 2.05) is 30.7 Å². The summed E-state index contributed by atoms with van der Waals surface area (Å²) in [6, 6.07) is 4.03. The summed E-state index contributed by atoms with van der Waals surface area (Å²) in [7, 11) is 0. The van der Waals surface area contributed by atoms with Crippen molar-refractivity contribution < 1.29 is 4.79 Å². The molecule has 0 aromatic carbocycles. The Balaban J connectivity index is 2.52. The second-order valence-corrected chi connectivity index (χ2v) is 5.47. The van der Waals surface area contributed by atoms with Crippen molar-refractivity contribution in [1.82, 2.24) is 9.58 Å². The van der Waals surface area contributed by atoms with Crippen molar-refractivity contribution in [2.24, 2.45) is 0 Å².